The summed E-state index contributed by atoms with van der Waals surface area (Å²) in [6, 6.07) is 15.4. The molecule has 0 radical (unpaired) electrons. The van der Waals surface area contributed by atoms with Crippen molar-refractivity contribution in [1.82, 2.24) is 4.98 Å². The van der Waals surface area contributed by atoms with Gasteiger partial charge in [0.25, 0.3) is 0 Å². The first kappa shape index (κ1) is 17.0. The molecule has 0 bridgehead atoms. The van der Waals surface area contributed by atoms with E-state index in [2.05, 4.69) is 17.2 Å². The summed E-state index contributed by atoms with van der Waals surface area (Å²) in [5.74, 6) is -0.470. The van der Waals surface area contributed by atoms with E-state index in [1.54, 1.807) is 12.1 Å². The van der Waals surface area contributed by atoms with Crippen molar-refractivity contribution in [3.8, 4) is 17.0 Å². The molecule has 0 saturated carbocycles. The van der Waals surface area contributed by atoms with Crippen molar-refractivity contribution in [3.63, 3.8) is 0 Å². The third kappa shape index (κ3) is 4.36. The van der Waals surface area contributed by atoms with Crippen LogP contribution >= 0.6 is 11.3 Å². The standard InChI is InChI=1S/C19H18N2O3S/c1-12-3-7-15(8-4-12)20-19-21-17(11-25-19)14-5-9-16(10-6-14)24-13(2)18(22)23/h3-11,13H,1-2H3,(H,20,21)(H,22,23). The number of nitrogens with one attached hydrogen (secondary N) is 1. The number of nitrogens with zero attached hydrogens (tertiary/aromatic N) is 1. The number of hydrogen-bond acceptors (Lipinski definition) is 5. The summed E-state index contributed by atoms with van der Waals surface area (Å²) in [5.41, 5.74) is 4.02. The Balaban J connectivity index is 1.69. The molecule has 0 aliphatic heterocycles. The molecule has 1 heterocycles. The average molecular weight is 354 g/mol. The van der Waals surface area contributed by atoms with Gasteiger partial charge in [-0.15, -0.1) is 11.3 Å². The van der Waals surface area contributed by atoms with Crippen molar-refractivity contribution < 1.29 is 14.6 Å². The maximum absolute atomic E-state index is 10.8. The van der Waals surface area contributed by atoms with Crippen molar-refractivity contribution in [1.29, 1.82) is 0 Å². The van der Waals surface area contributed by atoms with E-state index in [0.29, 0.717) is 5.75 Å². The van der Waals surface area contributed by atoms with Crippen LogP contribution in [0.15, 0.2) is 53.9 Å². The van der Waals surface area contributed by atoms with E-state index in [-0.39, 0.29) is 0 Å². The number of anilines is 2. The number of carboxylic acids is 1. The number of aliphatic carboxylic acids is 1. The second kappa shape index (κ2) is 7.36. The summed E-state index contributed by atoms with van der Waals surface area (Å²) < 4.78 is 5.33. The van der Waals surface area contributed by atoms with Gasteiger partial charge in [0, 0.05) is 16.6 Å². The fraction of sp³-hybridized carbons (Fsp3) is 0.158. The lowest BCUT2D eigenvalue weighted by Gasteiger charge is -2.10. The van der Waals surface area contributed by atoms with E-state index >= 15 is 0 Å². The summed E-state index contributed by atoms with van der Waals surface area (Å²) in [5, 5.41) is 15.0. The third-order valence-electron chi connectivity index (χ3n) is 3.62. The minimum Gasteiger partial charge on any atom is -0.479 e. The van der Waals surface area contributed by atoms with Gasteiger partial charge >= 0.3 is 5.97 Å². The van der Waals surface area contributed by atoms with Crippen LogP contribution in [0.1, 0.15) is 12.5 Å². The fourth-order valence-electron chi connectivity index (χ4n) is 2.18. The summed E-state index contributed by atoms with van der Waals surface area (Å²) >= 11 is 1.53. The zero-order valence-electron chi connectivity index (χ0n) is 13.9. The summed E-state index contributed by atoms with van der Waals surface area (Å²) in [4.78, 5) is 15.4. The first-order chi connectivity index (χ1) is 12.0. The number of thiazole rings is 1. The molecule has 1 aromatic heterocycles. The Bertz CT molecular complexity index is 857. The highest BCUT2D eigenvalue weighted by atomic mass is 32.1. The minimum absolute atomic E-state index is 0.520. The van der Waals surface area contributed by atoms with Gasteiger partial charge in [0.1, 0.15) is 5.75 Å². The van der Waals surface area contributed by atoms with Crippen molar-refractivity contribution in [2.75, 3.05) is 5.32 Å². The molecule has 0 amide bonds. The molecule has 2 aromatic carbocycles. The van der Waals surface area contributed by atoms with Crippen LogP contribution in [-0.2, 0) is 4.79 Å². The number of carboxylic acid groups (broad SMARTS) is 1. The lowest BCUT2D eigenvalue weighted by molar-refractivity contribution is -0.144. The van der Waals surface area contributed by atoms with E-state index < -0.39 is 12.1 Å². The van der Waals surface area contributed by atoms with Crippen molar-refractivity contribution in [3.05, 3.63) is 59.5 Å². The van der Waals surface area contributed by atoms with E-state index in [9.17, 15) is 4.79 Å². The predicted molar refractivity (Wildman–Crippen MR) is 99.7 cm³/mol. The largest absolute Gasteiger partial charge is 0.479 e. The molecule has 0 saturated heterocycles. The van der Waals surface area contributed by atoms with Crippen LogP contribution in [0.2, 0.25) is 0 Å². The van der Waals surface area contributed by atoms with E-state index in [1.807, 2.05) is 41.8 Å². The molecule has 128 valence electrons. The molecule has 1 atom stereocenters. The van der Waals surface area contributed by atoms with Gasteiger partial charge in [-0.2, -0.15) is 0 Å². The van der Waals surface area contributed by atoms with Crippen LogP contribution in [0.5, 0.6) is 5.75 Å². The van der Waals surface area contributed by atoms with Crippen LogP contribution in [0.3, 0.4) is 0 Å². The van der Waals surface area contributed by atoms with Crippen LogP contribution < -0.4 is 10.1 Å². The van der Waals surface area contributed by atoms with Crippen LogP contribution in [0, 0.1) is 6.92 Å². The zero-order chi connectivity index (χ0) is 17.8. The molecule has 0 fully saturated rings. The quantitative estimate of drug-likeness (QED) is 0.670. The Kier molecular flexibility index (Phi) is 5.00. The lowest BCUT2D eigenvalue weighted by Crippen LogP contribution is -2.22. The summed E-state index contributed by atoms with van der Waals surface area (Å²) in [6.07, 6.45) is -0.879. The van der Waals surface area contributed by atoms with Gasteiger partial charge in [-0.05, 0) is 50.2 Å². The molecule has 3 rings (SSSR count). The van der Waals surface area contributed by atoms with Gasteiger partial charge in [0.2, 0.25) is 0 Å². The Morgan fingerprint density at radius 1 is 1.16 bits per heavy atom. The van der Waals surface area contributed by atoms with Crippen LogP contribution in [0.4, 0.5) is 10.8 Å². The summed E-state index contributed by atoms with van der Waals surface area (Å²) in [7, 11) is 0. The van der Waals surface area contributed by atoms with Crippen LogP contribution in [0.25, 0.3) is 11.3 Å². The average Bonchev–Trinajstić information content (AvgIpc) is 3.06. The van der Waals surface area contributed by atoms with E-state index in [1.165, 1.54) is 23.8 Å². The molecule has 5 nitrogen and oxygen atoms in total. The molecule has 1 unspecified atom stereocenters. The van der Waals surface area contributed by atoms with Gasteiger partial charge < -0.3 is 15.2 Å². The second-order valence-corrected chi connectivity index (χ2v) is 6.51. The molecule has 25 heavy (non-hydrogen) atoms. The van der Waals surface area contributed by atoms with E-state index in [0.717, 1.165) is 22.1 Å². The van der Waals surface area contributed by atoms with Crippen molar-refractivity contribution >= 4 is 28.1 Å². The smallest absolute Gasteiger partial charge is 0.344 e. The predicted octanol–water partition coefficient (Wildman–Crippen LogP) is 4.71. The molecule has 6 heteroatoms. The number of aromatic nitrogens is 1. The van der Waals surface area contributed by atoms with Gasteiger partial charge in [-0.1, -0.05) is 17.7 Å². The van der Waals surface area contributed by atoms with Crippen molar-refractivity contribution in [2.45, 2.75) is 20.0 Å². The monoisotopic (exact) mass is 354 g/mol. The molecule has 0 spiro atoms. The SMILES string of the molecule is Cc1ccc(Nc2nc(-c3ccc(OC(C)C(=O)O)cc3)cs2)cc1. The zero-order valence-corrected chi connectivity index (χ0v) is 14.7. The van der Waals surface area contributed by atoms with Crippen molar-refractivity contribution in [2.24, 2.45) is 0 Å². The van der Waals surface area contributed by atoms with Gasteiger partial charge in [-0.25, -0.2) is 9.78 Å². The highest BCUT2D eigenvalue weighted by molar-refractivity contribution is 7.14. The maximum Gasteiger partial charge on any atom is 0.344 e. The van der Waals surface area contributed by atoms with Gasteiger partial charge in [0.15, 0.2) is 11.2 Å². The maximum atomic E-state index is 10.8. The first-order valence-electron chi connectivity index (χ1n) is 7.80. The van der Waals surface area contributed by atoms with E-state index in [4.69, 9.17) is 9.84 Å². The Hall–Kier alpha value is -2.86. The molecule has 0 aliphatic carbocycles. The molecular formula is C19H18N2O3S. The first-order valence-corrected chi connectivity index (χ1v) is 8.68. The van der Waals surface area contributed by atoms with Gasteiger partial charge in [0.05, 0.1) is 5.69 Å². The Morgan fingerprint density at radius 3 is 2.48 bits per heavy atom. The molecule has 2 N–H and O–H groups in total. The fourth-order valence-corrected chi connectivity index (χ4v) is 2.92. The number of rotatable bonds is 6. The number of hydrogen-bond donors (Lipinski definition) is 2. The third-order valence-corrected chi connectivity index (χ3v) is 4.38. The molecule has 3 aromatic rings. The Morgan fingerprint density at radius 2 is 1.84 bits per heavy atom. The minimum atomic E-state index is -0.990. The number of aryl methyl sites for hydroxylation is 1. The number of ether oxygens (including phenoxy) is 1. The van der Waals surface area contributed by atoms with Crippen LogP contribution in [-0.4, -0.2) is 22.2 Å². The highest BCUT2D eigenvalue weighted by Gasteiger charge is 2.12. The Labute approximate surface area is 149 Å². The topological polar surface area (TPSA) is 71.5 Å². The number of carbonyl (C=O) groups is 1. The summed E-state index contributed by atoms with van der Waals surface area (Å²) in [6.45, 7) is 3.55. The second-order valence-electron chi connectivity index (χ2n) is 5.65. The number of benzene rings is 2. The molecular weight excluding hydrogens is 336 g/mol. The highest BCUT2D eigenvalue weighted by Crippen LogP contribution is 2.28. The van der Waals surface area contributed by atoms with Gasteiger partial charge in [-0.3, -0.25) is 0 Å². The molecule has 0 aliphatic rings. The lowest BCUT2D eigenvalue weighted by atomic mass is 10.2. The normalized spacial score (nSPS) is 11.8.